The van der Waals surface area contributed by atoms with E-state index in [1.165, 1.54) is 12.8 Å². The van der Waals surface area contributed by atoms with E-state index in [2.05, 4.69) is 134 Å². The minimum atomic E-state index is -0.278. The van der Waals surface area contributed by atoms with E-state index in [1.54, 1.807) is 20.8 Å². The van der Waals surface area contributed by atoms with Gasteiger partial charge < -0.3 is 19.8 Å². The fraction of sp³-hybridized carbons (Fsp3) is 0.833. The van der Waals surface area contributed by atoms with Crippen molar-refractivity contribution in [2.75, 3.05) is 39.3 Å². The third kappa shape index (κ3) is 37.6. The molecule has 2 aliphatic heterocycles. The van der Waals surface area contributed by atoms with Crippen molar-refractivity contribution in [2.45, 2.75) is 80.1 Å². The van der Waals surface area contributed by atoms with Crippen LogP contribution in [0.5, 0.6) is 0 Å². The maximum atomic E-state index is 11.0. The number of hydrogen-bond donors (Lipinski definition) is 1. The Bertz CT molecular complexity index is 645. The summed E-state index contributed by atoms with van der Waals surface area (Å²) < 4.78 is 0. The predicted octanol–water partition coefficient (Wildman–Crippen LogP) is 9.17. The summed E-state index contributed by atoms with van der Waals surface area (Å²) in [6, 6.07) is 0. The first-order chi connectivity index (χ1) is 17.8. The van der Waals surface area contributed by atoms with Crippen LogP contribution in [0.25, 0.3) is 0 Å². The van der Waals surface area contributed by atoms with Gasteiger partial charge in [-0.05, 0) is 92.2 Å². The number of amidine groups is 1. The van der Waals surface area contributed by atoms with Crippen molar-refractivity contribution >= 4 is 134 Å². The maximum absolute atomic E-state index is 11.0. The number of aliphatic imine (C=N–C) groups is 2. The second kappa shape index (κ2) is 33.4. The van der Waals surface area contributed by atoms with Crippen LogP contribution in [0, 0.1) is 11.8 Å². The summed E-state index contributed by atoms with van der Waals surface area (Å²) in [6.07, 6.45) is 6.19. The number of halogens is 6. The van der Waals surface area contributed by atoms with Gasteiger partial charge in [0.25, 0.3) is 0 Å². The SMILES string of the molecule is CC(=O)CC1CCNCC1.CCN=C(C)Cl.CCN=C(C)N1CCC(CC(C)=O)CC1.[I][V]([I])[I].[I][V][I]. The van der Waals surface area contributed by atoms with Crippen LogP contribution < -0.4 is 5.32 Å². The van der Waals surface area contributed by atoms with Crippen molar-refractivity contribution in [2.24, 2.45) is 21.8 Å². The zero-order chi connectivity index (χ0) is 29.9. The van der Waals surface area contributed by atoms with E-state index >= 15 is 0 Å². The van der Waals surface area contributed by atoms with Gasteiger partial charge in [-0.2, -0.15) is 0 Å². The van der Waals surface area contributed by atoms with E-state index in [1.807, 2.05) is 6.92 Å². The average Bonchev–Trinajstić information content (AvgIpc) is 2.80. The zero-order valence-electron chi connectivity index (χ0n) is 23.5. The van der Waals surface area contributed by atoms with Gasteiger partial charge in [0.2, 0.25) is 0 Å². The van der Waals surface area contributed by atoms with E-state index in [9.17, 15) is 9.59 Å². The Morgan fingerprint density at radius 1 is 0.868 bits per heavy atom. The molecule has 1 N–H and O–H groups in total. The first-order valence-electron chi connectivity index (χ1n) is 12.7. The van der Waals surface area contributed by atoms with Gasteiger partial charge in [0.05, 0.1) is 11.0 Å². The summed E-state index contributed by atoms with van der Waals surface area (Å²) >= 11 is 17.5. The van der Waals surface area contributed by atoms with Crippen LogP contribution in [0.3, 0.4) is 0 Å². The summed E-state index contributed by atoms with van der Waals surface area (Å²) in [7, 11) is 0.628. The Kier molecular flexibility index (Phi) is 40.5. The molecule has 0 radical (unpaired) electrons. The third-order valence-electron chi connectivity index (χ3n) is 5.45. The average molecular weight is 1190 g/mol. The normalized spacial score (nSPS) is 16.4. The standard InChI is InChI=1S/C12H22N2O.C8H15NO.C4H8ClN.5HI.2V/c1-4-13-11(3)14-7-5-12(6-8-14)9-10(2)15;1-7(10)6-8-2-4-9-5-3-8;1-3-6-4(2)5;;;;;;;/h12H,4-9H2,1-3H3;8-9H,2-6H2,1H3;3H2,1-2H3;5*1H;;/q;;;;;;;;+2;+3/p-5. The Balaban J connectivity index is -0.000000459. The van der Waals surface area contributed by atoms with E-state index in [0.29, 0.717) is 38.0 Å². The molecule has 6 nitrogen and oxygen atoms in total. The Labute approximate surface area is 304 Å². The molecule has 2 aliphatic rings. The van der Waals surface area contributed by atoms with Gasteiger partial charge in [-0.3, -0.25) is 9.98 Å². The van der Waals surface area contributed by atoms with Crippen molar-refractivity contribution < 1.29 is 24.0 Å². The molecule has 0 aromatic carbocycles. The van der Waals surface area contributed by atoms with Crippen LogP contribution >= 0.6 is 111 Å². The number of likely N-dealkylation sites (tertiary alicyclic amines) is 1. The number of ketones is 2. The van der Waals surface area contributed by atoms with Crippen LogP contribution in [0.1, 0.15) is 80.1 Å². The molecule has 2 saturated heterocycles. The topological polar surface area (TPSA) is 74.1 Å². The number of piperidine rings is 2. The summed E-state index contributed by atoms with van der Waals surface area (Å²) in [5.74, 6) is 3.09. The monoisotopic (exact) mass is 1190 g/mol. The molecular weight excluding hydrogens is 1150 g/mol. The number of nitrogens with one attached hydrogen (secondary N) is 1. The molecule has 0 aromatic rings. The predicted molar refractivity (Wildman–Crippen MR) is 204 cm³/mol. The first kappa shape index (κ1) is 46.0. The number of Topliss-reactive ketones (excluding diaryl/α,β-unsaturated/α-hetero) is 2. The number of rotatable bonds is 6. The fourth-order valence-electron chi connectivity index (χ4n) is 3.91. The summed E-state index contributed by atoms with van der Waals surface area (Å²) in [5.41, 5.74) is 0. The molecule has 0 unspecified atom stereocenters. The summed E-state index contributed by atoms with van der Waals surface area (Å²) in [6.45, 7) is 17.2. The van der Waals surface area contributed by atoms with E-state index in [4.69, 9.17) is 11.6 Å². The van der Waals surface area contributed by atoms with E-state index < -0.39 is 0 Å². The number of nitrogens with zero attached hydrogens (tertiary/aromatic N) is 3. The van der Waals surface area contributed by atoms with Crippen LogP contribution in [0.15, 0.2) is 9.98 Å². The second-order valence-electron chi connectivity index (χ2n) is 8.68. The molecule has 2 heterocycles. The summed E-state index contributed by atoms with van der Waals surface area (Å²) in [4.78, 5) is 32.0. The van der Waals surface area contributed by atoms with Gasteiger partial charge in [0.15, 0.2) is 0 Å². The van der Waals surface area contributed by atoms with Crippen LogP contribution in [0.4, 0.5) is 0 Å². The molecular formula is C24H45ClI5N4O2V2. The van der Waals surface area contributed by atoms with Crippen LogP contribution in [0.2, 0.25) is 0 Å². The van der Waals surface area contributed by atoms with Crippen LogP contribution in [-0.4, -0.2) is 66.7 Å². The molecule has 2 rings (SSSR count). The number of hydrogen-bond acceptors (Lipinski definition) is 5. The van der Waals surface area contributed by atoms with E-state index in [-0.39, 0.29) is 4.92 Å². The van der Waals surface area contributed by atoms with Gasteiger partial charge in [-0.1, -0.05) is 11.6 Å². The number of carbonyl (C=O) groups is 2. The molecule has 225 valence electrons. The van der Waals surface area contributed by atoms with Crippen LogP contribution in [-0.2, 0) is 24.0 Å². The van der Waals surface area contributed by atoms with Crippen molar-refractivity contribution in [3.05, 3.63) is 0 Å². The molecule has 0 aromatic heterocycles. The molecule has 0 saturated carbocycles. The second-order valence-corrected chi connectivity index (χ2v) is 56.4. The quantitative estimate of drug-likeness (QED) is 0.164. The molecule has 38 heavy (non-hydrogen) atoms. The zero-order valence-corrected chi connectivity index (χ0v) is 37.8. The van der Waals surface area contributed by atoms with Crippen molar-refractivity contribution in [3.63, 3.8) is 0 Å². The van der Waals surface area contributed by atoms with Gasteiger partial charge in [0.1, 0.15) is 11.6 Å². The molecule has 0 aliphatic carbocycles. The van der Waals surface area contributed by atoms with Crippen molar-refractivity contribution in [1.82, 2.24) is 10.2 Å². The molecule has 0 amide bonds. The molecule has 0 atom stereocenters. The van der Waals surface area contributed by atoms with Gasteiger partial charge in [0, 0.05) is 39.0 Å². The molecule has 0 bridgehead atoms. The molecule has 14 heteroatoms. The Hall–Kier alpha value is 3.55. The number of carbonyl (C=O) groups excluding carboxylic acids is 2. The minimum absolute atomic E-state index is 0.278. The van der Waals surface area contributed by atoms with E-state index in [0.717, 1.165) is 70.8 Å². The van der Waals surface area contributed by atoms with Crippen molar-refractivity contribution in [3.8, 4) is 0 Å². The Morgan fingerprint density at radius 3 is 1.53 bits per heavy atom. The van der Waals surface area contributed by atoms with Gasteiger partial charge >= 0.3 is 114 Å². The van der Waals surface area contributed by atoms with Crippen molar-refractivity contribution in [1.29, 1.82) is 0 Å². The summed E-state index contributed by atoms with van der Waals surface area (Å²) in [5, 5.41) is 3.91. The molecule has 2 fully saturated rings. The molecule has 0 spiro atoms. The van der Waals surface area contributed by atoms with Gasteiger partial charge in [-0.15, -0.1) is 0 Å². The van der Waals surface area contributed by atoms with Gasteiger partial charge in [-0.25, -0.2) is 0 Å². The third-order valence-corrected chi connectivity index (χ3v) is 5.57. The Morgan fingerprint density at radius 2 is 1.24 bits per heavy atom. The fourth-order valence-corrected chi connectivity index (χ4v) is 4.03. The first-order valence-corrected chi connectivity index (χ1v) is 35.6.